The predicted molar refractivity (Wildman–Crippen MR) is 290 cm³/mol. The number of hydrogen-bond donors (Lipinski definition) is 0. The number of benzene rings is 2. The second-order valence-corrected chi connectivity index (χ2v) is 30.7. The average Bonchev–Trinajstić information content (AvgIpc) is 4.11. The highest BCUT2D eigenvalue weighted by atomic mass is 32.2. The molecule has 8 fully saturated rings. The van der Waals surface area contributed by atoms with Crippen LogP contribution in [0.1, 0.15) is 180 Å². The van der Waals surface area contributed by atoms with Crippen molar-refractivity contribution in [1.29, 1.82) is 0 Å². The van der Waals surface area contributed by atoms with Gasteiger partial charge in [-0.15, -0.1) is 0 Å². The average molecular weight is 1090 g/mol. The molecule has 0 spiro atoms. The van der Waals surface area contributed by atoms with E-state index in [9.17, 15) is 39.8 Å². The summed E-state index contributed by atoms with van der Waals surface area (Å²) in [7, 11) is -4.03. The molecule has 6 aliphatic heterocycles. The summed E-state index contributed by atoms with van der Waals surface area (Å²) >= 11 is 0. The normalized spacial score (nSPS) is 33.7. The second kappa shape index (κ2) is 22.0. The van der Waals surface area contributed by atoms with Crippen molar-refractivity contribution in [3.05, 3.63) is 70.8 Å². The van der Waals surface area contributed by atoms with Crippen LogP contribution in [0.4, 0.5) is 17.6 Å². The largest absolute Gasteiger partial charge is 0.336 e. The van der Waals surface area contributed by atoms with E-state index in [-0.39, 0.29) is 81.4 Å². The fourth-order valence-electron chi connectivity index (χ4n) is 16.8. The number of nitrogens with zero attached hydrogens (tertiary/aromatic N) is 4. The number of sulfone groups is 1. The van der Waals surface area contributed by atoms with E-state index in [1.165, 1.54) is 69.0 Å². The fourth-order valence-corrected chi connectivity index (χ4v) is 19.6. The maximum absolute atomic E-state index is 15.0. The molecule has 6 saturated heterocycles. The Hall–Kier alpha value is -2.88. The van der Waals surface area contributed by atoms with Crippen LogP contribution in [0.5, 0.6) is 0 Å². The molecule has 9 atom stereocenters. The van der Waals surface area contributed by atoms with Gasteiger partial charge < -0.3 is 9.80 Å². The summed E-state index contributed by atoms with van der Waals surface area (Å²) < 4.78 is 95.3. The number of rotatable bonds is 10. The maximum Gasteiger partial charge on any atom is 0.228 e. The van der Waals surface area contributed by atoms with Crippen molar-refractivity contribution in [1.82, 2.24) is 19.6 Å². The Morgan fingerprint density at radius 3 is 1.27 bits per heavy atom. The van der Waals surface area contributed by atoms with Crippen LogP contribution in [0.3, 0.4) is 0 Å². The van der Waals surface area contributed by atoms with Crippen LogP contribution < -0.4 is 0 Å². The molecule has 2 aliphatic carbocycles. The summed E-state index contributed by atoms with van der Waals surface area (Å²) in [4.78, 5) is 37.5. The molecule has 75 heavy (non-hydrogen) atoms. The van der Waals surface area contributed by atoms with Crippen LogP contribution in [-0.4, -0.2) is 129 Å². The minimum Gasteiger partial charge on any atom is -0.336 e. The zero-order valence-electron chi connectivity index (χ0n) is 46.4. The first-order valence-corrected chi connectivity index (χ1v) is 32.6. The standard InChI is InChI=1S/C30H44F2N2O3S.C30H44F2N2O2S/c1-29(2,3)33-17-25(24-13-10-21(31)14-27(24)32)26(18-33)28(35)34-22-11-12-23(34)16-30(15-22,19-38(4,36)37)20-8-6-5-7-9-20;1-29(2,3)33-17-25(24-13-10-21(31)14-27(24)32)26(18-33)28(35)34-22-11-12-23(34)16-30(15-22,19-37(4)36)20-8-6-5-7-9-20/h10,13-14,20,22-23,25-26H,5-9,11-12,15-19H2,1-4H3;10,13-14,20,22-23,25-26H,5-9,11-12,15-19H2,1-4H3/t22?,23?,25-,26+,30?;22?,23?,25-,26+,30?,37?/m00/s1. The molecule has 2 saturated carbocycles. The van der Waals surface area contributed by atoms with E-state index in [1.807, 2.05) is 6.26 Å². The second-order valence-electron chi connectivity index (χ2n) is 27.2. The van der Waals surface area contributed by atoms with Crippen molar-refractivity contribution in [2.75, 3.05) is 50.2 Å². The molecule has 0 radical (unpaired) electrons. The van der Waals surface area contributed by atoms with Gasteiger partial charge in [0.2, 0.25) is 11.8 Å². The van der Waals surface area contributed by atoms with Crippen LogP contribution in [0.2, 0.25) is 0 Å². The molecular weight excluding hydrogens is 997 g/mol. The van der Waals surface area contributed by atoms with Crippen molar-refractivity contribution in [2.24, 2.45) is 34.5 Å². The topological polar surface area (TPSA) is 98.3 Å². The van der Waals surface area contributed by atoms with Crippen molar-refractivity contribution >= 4 is 32.5 Å². The summed E-state index contributed by atoms with van der Waals surface area (Å²) in [6.45, 7) is 15.0. The third-order valence-electron chi connectivity index (χ3n) is 20.2. The highest BCUT2D eigenvalue weighted by molar-refractivity contribution is 7.90. The molecule has 0 aromatic heterocycles. The number of halogens is 4. The van der Waals surface area contributed by atoms with Gasteiger partial charge in [-0.3, -0.25) is 23.6 Å². The summed E-state index contributed by atoms with van der Waals surface area (Å²) in [6.07, 6.45) is 22.4. The number of fused-ring (bicyclic) bond motifs is 4. The van der Waals surface area contributed by atoms with E-state index < -0.39 is 49.8 Å². The molecule has 5 unspecified atom stereocenters. The third kappa shape index (κ3) is 12.0. The van der Waals surface area contributed by atoms with Gasteiger partial charge in [-0.2, -0.15) is 0 Å². The quantitative estimate of drug-likeness (QED) is 0.219. The van der Waals surface area contributed by atoms with Crippen LogP contribution in [0.25, 0.3) is 0 Å². The van der Waals surface area contributed by atoms with E-state index >= 15 is 0 Å². The van der Waals surface area contributed by atoms with Crippen molar-refractivity contribution in [2.45, 2.75) is 204 Å². The Labute approximate surface area is 449 Å². The molecule has 15 heteroatoms. The first-order chi connectivity index (χ1) is 35.3. The highest BCUT2D eigenvalue weighted by Gasteiger charge is 2.58. The molecule has 2 aromatic carbocycles. The van der Waals surface area contributed by atoms with Gasteiger partial charge in [0, 0.05) is 114 Å². The lowest BCUT2D eigenvalue weighted by molar-refractivity contribution is -0.144. The SMILES string of the molecule is CC(C)(C)N1C[C@@H](C(=O)N2C3CCC2CC(CS(C)(=O)=O)(C2CCCCC2)C3)[C@H](c2ccc(F)cc2F)C1.CS(=O)CC1(C2CCCCC2)CC2CCC(C1)N2C(=O)[C@@H]1CN(C(C)(C)C)C[C@H]1c1ccc(F)cc1F. The number of likely N-dealkylation sites (tertiary alicyclic amines) is 2. The van der Waals surface area contributed by atoms with E-state index in [4.69, 9.17) is 0 Å². The Bertz CT molecular complexity index is 2510. The van der Waals surface area contributed by atoms with Gasteiger partial charge in [0.05, 0.1) is 17.6 Å². The smallest absolute Gasteiger partial charge is 0.228 e. The van der Waals surface area contributed by atoms with Crippen LogP contribution in [0, 0.1) is 57.8 Å². The monoisotopic (exact) mass is 1080 g/mol. The van der Waals surface area contributed by atoms with Gasteiger partial charge in [-0.1, -0.05) is 50.7 Å². The van der Waals surface area contributed by atoms with Crippen molar-refractivity contribution in [3.8, 4) is 0 Å². The lowest BCUT2D eigenvalue weighted by Crippen LogP contribution is -2.56. The van der Waals surface area contributed by atoms with Crippen LogP contribution in [-0.2, 0) is 30.2 Å². The Balaban J connectivity index is 0.000000184. The third-order valence-corrected chi connectivity index (χ3v) is 22.3. The molecule has 0 N–H and O–H groups in total. The lowest BCUT2D eigenvalue weighted by atomic mass is 9.63. The first-order valence-electron chi connectivity index (χ1n) is 28.8. The van der Waals surface area contributed by atoms with Gasteiger partial charge in [0.25, 0.3) is 0 Å². The van der Waals surface area contributed by atoms with Crippen LogP contribution >= 0.6 is 0 Å². The summed E-state index contributed by atoms with van der Waals surface area (Å²) in [6, 6.07) is 7.94. The first kappa shape index (κ1) is 56.8. The highest BCUT2D eigenvalue weighted by Crippen LogP contribution is 2.57. The van der Waals surface area contributed by atoms with Gasteiger partial charge in [0.1, 0.15) is 33.1 Å². The Morgan fingerprint density at radius 1 is 0.573 bits per heavy atom. The number of piperidine rings is 2. The van der Waals surface area contributed by atoms with E-state index in [1.54, 1.807) is 0 Å². The molecule has 9 nitrogen and oxygen atoms in total. The molecule has 6 heterocycles. The number of carbonyl (C=O) groups is 2. The molecule has 4 bridgehead atoms. The lowest BCUT2D eigenvalue weighted by Gasteiger charge is -2.52. The van der Waals surface area contributed by atoms with E-state index in [0.29, 0.717) is 49.1 Å². The Kier molecular flexibility index (Phi) is 16.7. The number of carbonyl (C=O) groups excluding carboxylic acids is 2. The van der Waals surface area contributed by atoms with Gasteiger partial charge in [-0.25, -0.2) is 26.0 Å². The Morgan fingerprint density at radius 2 is 0.933 bits per heavy atom. The van der Waals surface area contributed by atoms with E-state index in [0.717, 1.165) is 94.9 Å². The van der Waals surface area contributed by atoms with Gasteiger partial charge >= 0.3 is 0 Å². The molecular formula is C60H88F4N4O5S2. The predicted octanol–water partition coefficient (Wildman–Crippen LogP) is 11.4. The summed E-state index contributed by atoms with van der Waals surface area (Å²) in [5, 5.41) is 0. The number of amides is 2. The molecule has 2 aromatic rings. The molecule has 8 aliphatic rings. The summed E-state index contributed by atoms with van der Waals surface area (Å²) in [5.74, 6) is -1.56. The van der Waals surface area contributed by atoms with Gasteiger partial charge in [-0.05, 0) is 165 Å². The van der Waals surface area contributed by atoms with E-state index in [2.05, 4.69) is 61.1 Å². The zero-order chi connectivity index (χ0) is 54.0. The molecule has 10 rings (SSSR count). The zero-order valence-corrected chi connectivity index (χ0v) is 48.0. The fraction of sp³-hybridized carbons (Fsp3) is 0.767. The number of hydrogen-bond acceptors (Lipinski definition) is 7. The molecule has 418 valence electrons. The minimum absolute atomic E-state index is 0.0346. The van der Waals surface area contributed by atoms with Crippen molar-refractivity contribution in [3.63, 3.8) is 0 Å². The summed E-state index contributed by atoms with van der Waals surface area (Å²) in [5.41, 5.74) is 0.343. The van der Waals surface area contributed by atoms with Gasteiger partial charge in [0.15, 0.2) is 0 Å². The van der Waals surface area contributed by atoms with Crippen molar-refractivity contribution < 1.29 is 39.8 Å². The minimum atomic E-state index is -3.16. The molecule has 2 amide bonds. The maximum atomic E-state index is 15.0. The van der Waals surface area contributed by atoms with Crippen LogP contribution in [0.15, 0.2) is 36.4 Å².